The molecule has 1 aromatic heterocycles. The fourth-order valence-corrected chi connectivity index (χ4v) is 8.70. The summed E-state index contributed by atoms with van der Waals surface area (Å²) >= 11 is 0. The molecule has 0 aliphatic heterocycles. The van der Waals surface area contributed by atoms with E-state index in [0.29, 0.717) is 0 Å². The van der Waals surface area contributed by atoms with E-state index in [2.05, 4.69) is 223 Å². The maximum Gasteiger partial charge on any atom is 0.136 e. The smallest absolute Gasteiger partial charge is 0.136 e. The van der Waals surface area contributed by atoms with E-state index in [1.165, 1.54) is 54.9 Å². The van der Waals surface area contributed by atoms with Gasteiger partial charge in [-0.15, -0.1) is 0 Å². The monoisotopic (exact) mass is 765 g/mol. The van der Waals surface area contributed by atoms with Crippen LogP contribution in [-0.2, 0) is 0 Å². The van der Waals surface area contributed by atoms with Crippen molar-refractivity contribution in [1.29, 1.82) is 0 Å². The topological polar surface area (TPSA) is 16.4 Å². The molecule has 60 heavy (non-hydrogen) atoms. The van der Waals surface area contributed by atoms with Crippen molar-refractivity contribution in [3.63, 3.8) is 0 Å². The number of anilines is 3. The summed E-state index contributed by atoms with van der Waals surface area (Å²) in [6, 6.07) is 84.8. The number of furan rings is 1. The van der Waals surface area contributed by atoms with E-state index in [0.717, 1.165) is 50.5 Å². The lowest BCUT2D eigenvalue weighted by Crippen LogP contribution is -2.09. The second-order valence-electron chi connectivity index (χ2n) is 15.3. The summed E-state index contributed by atoms with van der Waals surface area (Å²) in [5.74, 6) is 0.867. The first-order valence-electron chi connectivity index (χ1n) is 20.5. The van der Waals surface area contributed by atoms with Crippen molar-refractivity contribution in [2.45, 2.75) is 0 Å². The third kappa shape index (κ3) is 6.51. The predicted octanol–water partition coefficient (Wildman–Crippen LogP) is 16.5. The number of benzene rings is 10. The molecule has 2 heteroatoms. The second-order valence-corrected chi connectivity index (χ2v) is 15.3. The largest absolute Gasteiger partial charge is 0.456 e. The van der Waals surface area contributed by atoms with Crippen LogP contribution in [0.1, 0.15) is 0 Å². The lowest BCUT2D eigenvalue weighted by molar-refractivity contribution is 0.632. The van der Waals surface area contributed by atoms with E-state index in [-0.39, 0.29) is 0 Å². The van der Waals surface area contributed by atoms with Gasteiger partial charge in [0.05, 0.1) is 0 Å². The highest BCUT2D eigenvalue weighted by Gasteiger charge is 2.17. The van der Waals surface area contributed by atoms with Gasteiger partial charge in [0.25, 0.3) is 0 Å². The van der Waals surface area contributed by atoms with E-state index in [4.69, 9.17) is 4.42 Å². The van der Waals surface area contributed by atoms with Crippen LogP contribution in [0.25, 0.3) is 88.3 Å². The summed E-state index contributed by atoms with van der Waals surface area (Å²) < 4.78 is 6.34. The SMILES string of the molecule is c1ccc(-c2cccc(-c3ccc(N(c4ccc(-c5ccccc5-c5cc6ccccc6o5)cc4)c4ccc(-c5cc6ccccc6c6ccccc56)cc4)cc3)c2)cc1. The van der Waals surface area contributed by atoms with E-state index in [1.807, 2.05) is 18.2 Å². The normalized spacial score (nSPS) is 11.3. The summed E-state index contributed by atoms with van der Waals surface area (Å²) in [5.41, 5.74) is 14.7. The molecular formula is C58H39NO. The average molecular weight is 766 g/mol. The van der Waals surface area contributed by atoms with Gasteiger partial charge in [-0.05, 0) is 127 Å². The molecule has 0 unspecified atom stereocenters. The molecule has 2 nitrogen and oxygen atoms in total. The van der Waals surface area contributed by atoms with Crippen molar-refractivity contribution in [2.24, 2.45) is 0 Å². The number of rotatable bonds is 8. The Hall–Kier alpha value is -7.94. The summed E-state index contributed by atoms with van der Waals surface area (Å²) in [5, 5.41) is 6.15. The Morgan fingerprint density at radius 2 is 0.750 bits per heavy atom. The minimum Gasteiger partial charge on any atom is -0.456 e. The number of nitrogens with zero attached hydrogens (tertiary/aromatic N) is 1. The van der Waals surface area contributed by atoms with Gasteiger partial charge in [-0.1, -0.05) is 176 Å². The van der Waals surface area contributed by atoms with Crippen molar-refractivity contribution in [1.82, 2.24) is 0 Å². The van der Waals surface area contributed by atoms with Crippen LogP contribution in [0.15, 0.2) is 241 Å². The molecule has 0 spiro atoms. The summed E-state index contributed by atoms with van der Waals surface area (Å²) in [4.78, 5) is 2.35. The van der Waals surface area contributed by atoms with Crippen LogP contribution in [0.4, 0.5) is 17.1 Å². The van der Waals surface area contributed by atoms with Crippen LogP contribution in [0, 0.1) is 0 Å². The summed E-state index contributed by atoms with van der Waals surface area (Å²) in [7, 11) is 0. The second kappa shape index (κ2) is 15.1. The number of hydrogen-bond donors (Lipinski definition) is 0. The van der Waals surface area contributed by atoms with Crippen molar-refractivity contribution in [3.8, 4) is 55.8 Å². The average Bonchev–Trinajstić information content (AvgIpc) is 3.77. The number of para-hydroxylation sites is 1. The Kier molecular flexibility index (Phi) is 8.87. The van der Waals surface area contributed by atoms with Crippen molar-refractivity contribution >= 4 is 49.6 Å². The van der Waals surface area contributed by atoms with E-state index < -0.39 is 0 Å². The highest BCUT2D eigenvalue weighted by atomic mass is 16.3. The number of hydrogen-bond acceptors (Lipinski definition) is 2. The van der Waals surface area contributed by atoms with E-state index in [1.54, 1.807) is 0 Å². The summed E-state index contributed by atoms with van der Waals surface area (Å²) in [6.45, 7) is 0. The van der Waals surface area contributed by atoms with Gasteiger partial charge in [-0.3, -0.25) is 0 Å². The Morgan fingerprint density at radius 3 is 1.42 bits per heavy atom. The van der Waals surface area contributed by atoms with Crippen LogP contribution in [0.3, 0.4) is 0 Å². The van der Waals surface area contributed by atoms with Gasteiger partial charge >= 0.3 is 0 Å². The standard InChI is InChI=1S/C58H39NO/c1-2-13-40(14-3-1)44-17-12-18-45(37-44)41-25-31-48(32-26-41)59(50-35-29-43(30-36-50)56-38-46-15-4-6-20-52(46)53-21-8-9-22-54(53)56)49-33-27-42(28-34-49)51-19-7-10-23-55(51)58-39-47-16-5-11-24-57(47)60-58/h1-39H. The van der Waals surface area contributed by atoms with Gasteiger partial charge in [0.2, 0.25) is 0 Å². The minimum atomic E-state index is 0.867. The Morgan fingerprint density at radius 1 is 0.267 bits per heavy atom. The Balaban J connectivity index is 0.985. The molecule has 282 valence electrons. The van der Waals surface area contributed by atoms with E-state index >= 15 is 0 Å². The molecule has 0 atom stereocenters. The maximum atomic E-state index is 6.34. The van der Waals surface area contributed by atoms with Gasteiger partial charge in [-0.2, -0.15) is 0 Å². The highest BCUT2D eigenvalue weighted by Crippen LogP contribution is 2.41. The molecule has 0 amide bonds. The van der Waals surface area contributed by atoms with Crippen molar-refractivity contribution in [3.05, 3.63) is 237 Å². The zero-order valence-electron chi connectivity index (χ0n) is 32.9. The van der Waals surface area contributed by atoms with Crippen LogP contribution < -0.4 is 4.90 Å². The first kappa shape index (κ1) is 35.2. The van der Waals surface area contributed by atoms with Gasteiger partial charge in [0, 0.05) is 28.0 Å². The first-order chi connectivity index (χ1) is 29.7. The molecular weight excluding hydrogens is 727 g/mol. The summed E-state index contributed by atoms with van der Waals surface area (Å²) in [6.07, 6.45) is 0. The third-order valence-electron chi connectivity index (χ3n) is 11.7. The molecule has 0 saturated carbocycles. The van der Waals surface area contributed by atoms with Crippen LogP contribution in [-0.4, -0.2) is 0 Å². The lowest BCUT2D eigenvalue weighted by atomic mass is 9.93. The first-order valence-corrected chi connectivity index (χ1v) is 20.5. The Labute approximate surface area is 349 Å². The highest BCUT2D eigenvalue weighted by molar-refractivity contribution is 6.13. The molecule has 10 aromatic carbocycles. The van der Waals surface area contributed by atoms with Crippen molar-refractivity contribution < 1.29 is 4.42 Å². The molecule has 0 fully saturated rings. The zero-order chi connectivity index (χ0) is 39.8. The molecule has 11 rings (SSSR count). The molecule has 0 aliphatic rings. The van der Waals surface area contributed by atoms with Crippen molar-refractivity contribution in [2.75, 3.05) is 4.90 Å². The molecule has 0 radical (unpaired) electrons. The Bertz CT molecular complexity index is 3260. The molecule has 0 bridgehead atoms. The zero-order valence-corrected chi connectivity index (χ0v) is 32.9. The quantitative estimate of drug-likeness (QED) is 0.143. The minimum absolute atomic E-state index is 0.867. The van der Waals surface area contributed by atoms with Gasteiger partial charge < -0.3 is 9.32 Å². The molecule has 1 heterocycles. The van der Waals surface area contributed by atoms with Crippen LogP contribution in [0.5, 0.6) is 0 Å². The van der Waals surface area contributed by atoms with Gasteiger partial charge in [-0.25, -0.2) is 0 Å². The molecule has 11 aromatic rings. The molecule has 0 aliphatic carbocycles. The fraction of sp³-hybridized carbons (Fsp3) is 0. The predicted molar refractivity (Wildman–Crippen MR) is 253 cm³/mol. The van der Waals surface area contributed by atoms with E-state index in [9.17, 15) is 0 Å². The third-order valence-corrected chi connectivity index (χ3v) is 11.7. The van der Waals surface area contributed by atoms with Gasteiger partial charge in [0.15, 0.2) is 0 Å². The van der Waals surface area contributed by atoms with Gasteiger partial charge in [0.1, 0.15) is 11.3 Å². The maximum absolute atomic E-state index is 6.34. The van der Waals surface area contributed by atoms with Crippen LogP contribution in [0.2, 0.25) is 0 Å². The lowest BCUT2D eigenvalue weighted by Gasteiger charge is -2.26. The van der Waals surface area contributed by atoms with Crippen LogP contribution >= 0.6 is 0 Å². The molecule has 0 N–H and O–H groups in total. The molecule has 0 saturated heterocycles. The fourth-order valence-electron chi connectivity index (χ4n) is 8.70. The number of fused-ring (bicyclic) bond motifs is 4.